The summed E-state index contributed by atoms with van der Waals surface area (Å²) < 4.78 is 22.9. The van der Waals surface area contributed by atoms with Crippen molar-refractivity contribution >= 4 is 5.91 Å². The summed E-state index contributed by atoms with van der Waals surface area (Å²) >= 11 is 0. The maximum absolute atomic E-state index is 13.4. The number of amides is 1. The number of hydrogen-bond acceptors (Lipinski definition) is 13. The quantitative estimate of drug-likeness (QED) is 0.0204. The third-order valence-electron chi connectivity index (χ3n) is 20.7. The van der Waals surface area contributed by atoms with Crippen molar-refractivity contribution in [1.29, 1.82) is 0 Å². The van der Waals surface area contributed by atoms with Gasteiger partial charge in [0.2, 0.25) is 5.91 Å². The lowest BCUT2D eigenvalue weighted by atomic mass is 9.97. The van der Waals surface area contributed by atoms with Crippen LogP contribution in [0.25, 0.3) is 0 Å². The summed E-state index contributed by atoms with van der Waals surface area (Å²) in [4.78, 5) is 13.4. The maximum atomic E-state index is 13.4. The highest BCUT2D eigenvalue weighted by molar-refractivity contribution is 5.76. The molecule has 12 atom stereocenters. The molecule has 0 spiro atoms. The number of allylic oxidation sites excluding steroid dienone is 1. The van der Waals surface area contributed by atoms with Crippen LogP contribution in [0.2, 0.25) is 0 Å². The van der Waals surface area contributed by atoms with Crippen LogP contribution in [0.1, 0.15) is 406 Å². The Morgan fingerprint density at radius 1 is 0.368 bits per heavy atom. The van der Waals surface area contributed by atoms with Gasteiger partial charge in [0, 0.05) is 6.42 Å². The summed E-state index contributed by atoms with van der Waals surface area (Å²) in [6.07, 6.45) is 67.5. The Labute approximate surface area is 584 Å². The van der Waals surface area contributed by atoms with Crippen LogP contribution in [0, 0.1) is 0 Å². The molecule has 0 aliphatic carbocycles. The number of carbonyl (C=O) groups is 1. The molecule has 0 aromatic carbocycles. The molecule has 2 saturated heterocycles. The van der Waals surface area contributed by atoms with Gasteiger partial charge in [-0.05, 0) is 19.3 Å². The normalized spacial score (nSPS) is 22.3. The molecule has 2 aliphatic rings. The van der Waals surface area contributed by atoms with Crippen molar-refractivity contribution in [3.05, 3.63) is 12.2 Å². The lowest BCUT2D eigenvalue weighted by Crippen LogP contribution is -2.65. The molecule has 14 nitrogen and oxygen atoms in total. The number of carbonyl (C=O) groups excluding carboxylic acids is 1. The second kappa shape index (κ2) is 66.0. The molecule has 9 N–H and O–H groups in total. The summed E-state index contributed by atoms with van der Waals surface area (Å²) in [5, 5.41) is 87.7. The molecule has 12 unspecified atom stereocenters. The van der Waals surface area contributed by atoms with E-state index in [4.69, 9.17) is 18.9 Å². The first-order valence-corrected chi connectivity index (χ1v) is 41.4. The highest BCUT2D eigenvalue weighted by atomic mass is 16.7. The zero-order valence-electron chi connectivity index (χ0n) is 62.0. The van der Waals surface area contributed by atoms with Crippen LogP contribution in [0.15, 0.2) is 12.2 Å². The fourth-order valence-electron chi connectivity index (χ4n) is 14.2. The Bertz CT molecular complexity index is 1640. The maximum Gasteiger partial charge on any atom is 0.220 e. The van der Waals surface area contributed by atoms with E-state index < -0.39 is 86.8 Å². The van der Waals surface area contributed by atoms with Crippen LogP contribution < -0.4 is 5.32 Å². The second-order valence-electron chi connectivity index (χ2n) is 29.6. The van der Waals surface area contributed by atoms with Gasteiger partial charge in [-0.15, -0.1) is 0 Å². The Kier molecular flexibility index (Phi) is 62.4. The minimum atomic E-state index is -1.79. The number of nitrogens with one attached hydrogen (secondary N) is 1. The van der Waals surface area contributed by atoms with Crippen molar-refractivity contribution in [3.8, 4) is 0 Å². The number of aliphatic hydroxyl groups is 8. The van der Waals surface area contributed by atoms with Crippen LogP contribution in [-0.4, -0.2) is 140 Å². The van der Waals surface area contributed by atoms with E-state index in [-0.39, 0.29) is 18.9 Å². The number of hydrogen-bond donors (Lipinski definition) is 9. The summed E-state index contributed by atoms with van der Waals surface area (Å²) in [7, 11) is 0. The van der Waals surface area contributed by atoms with Crippen molar-refractivity contribution in [2.75, 3.05) is 19.8 Å². The second-order valence-corrected chi connectivity index (χ2v) is 29.6. The van der Waals surface area contributed by atoms with Gasteiger partial charge in [-0.3, -0.25) is 4.79 Å². The standard InChI is InChI=1S/C81H157NO13/c1-3-5-7-9-11-13-15-17-19-21-23-25-27-28-29-30-31-32-33-34-35-36-37-38-39-40-41-42-43-45-47-49-51-53-55-57-59-61-63-65-73(86)82-69(68-92-80-78(91)76(89)79(72(67-84)94-80)95-81-77(90)75(88)74(87)71(66-83)93-81)70(85)64-62-60-58-56-54-52-50-48-46-44-26-24-22-20-18-16-14-12-10-8-6-4-2/h62,64,69-72,74-81,83-85,87-91H,3-61,63,65-68H2,1-2H3,(H,82,86)/b64-62+. The van der Waals surface area contributed by atoms with Gasteiger partial charge in [-0.25, -0.2) is 0 Å². The number of ether oxygens (including phenoxy) is 4. The van der Waals surface area contributed by atoms with E-state index in [0.717, 1.165) is 44.9 Å². The van der Waals surface area contributed by atoms with Gasteiger partial charge in [-0.1, -0.05) is 392 Å². The van der Waals surface area contributed by atoms with Gasteiger partial charge in [-0.2, -0.15) is 0 Å². The fourth-order valence-corrected chi connectivity index (χ4v) is 14.2. The molecule has 0 aromatic rings. The molecule has 1 amide bonds. The van der Waals surface area contributed by atoms with Crippen molar-refractivity contribution < 1.29 is 64.6 Å². The van der Waals surface area contributed by atoms with E-state index in [1.165, 1.54) is 340 Å². The molecule has 0 saturated carbocycles. The lowest BCUT2D eigenvalue weighted by Gasteiger charge is -2.46. The molecule has 95 heavy (non-hydrogen) atoms. The predicted molar refractivity (Wildman–Crippen MR) is 392 cm³/mol. The molecule has 564 valence electrons. The van der Waals surface area contributed by atoms with Crippen molar-refractivity contribution in [3.63, 3.8) is 0 Å². The van der Waals surface area contributed by atoms with E-state index >= 15 is 0 Å². The molecule has 0 bridgehead atoms. The summed E-state index contributed by atoms with van der Waals surface area (Å²) in [6.45, 7) is 2.88. The zero-order valence-corrected chi connectivity index (χ0v) is 62.0. The van der Waals surface area contributed by atoms with Crippen molar-refractivity contribution in [2.24, 2.45) is 0 Å². The number of rotatable bonds is 71. The minimum Gasteiger partial charge on any atom is -0.394 e. The Balaban J connectivity index is 1.56. The lowest BCUT2D eigenvalue weighted by molar-refractivity contribution is -0.359. The minimum absolute atomic E-state index is 0.229. The summed E-state index contributed by atoms with van der Waals surface area (Å²) in [5.74, 6) is -0.229. The number of aliphatic hydroxyl groups excluding tert-OH is 8. The topological polar surface area (TPSA) is 228 Å². The van der Waals surface area contributed by atoms with Crippen LogP contribution in [0.4, 0.5) is 0 Å². The van der Waals surface area contributed by atoms with Gasteiger partial charge in [0.25, 0.3) is 0 Å². The zero-order chi connectivity index (χ0) is 68.7. The first-order chi connectivity index (χ1) is 46.6. The van der Waals surface area contributed by atoms with E-state index in [1.54, 1.807) is 6.08 Å². The van der Waals surface area contributed by atoms with Gasteiger partial charge < -0.3 is 65.1 Å². The van der Waals surface area contributed by atoms with E-state index in [2.05, 4.69) is 19.2 Å². The van der Waals surface area contributed by atoms with Crippen LogP contribution in [-0.2, 0) is 23.7 Å². The van der Waals surface area contributed by atoms with Crippen LogP contribution in [0.5, 0.6) is 0 Å². The molecule has 2 rings (SSSR count). The van der Waals surface area contributed by atoms with Crippen molar-refractivity contribution in [2.45, 2.75) is 479 Å². The highest BCUT2D eigenvalue weighted by Crippen LogP contribution is 2.30. The van der Waals surface area contributed by atoms with Gasteiger partial charge in [0.1, 0.15) is 48.8 Å². The molecule has 0 aromatic heterocycles. The highest BCUT2D eigenvalue weighted by Gasteiger charge is 2.51. The van der Waals surface area contributed by atoms with Gasteiger partial charge >= 0.3 is 0 Å². The van der Waals surface area contributed by atoms with Gasteiger partial charge in [0.15, 0.2) is 12.6 Å². The first-order valence-electron chi connectivity index (χ1n) is 41.4. The van der Waals surface area contributed by atoms with Crippen molar-refractivity contribution in [1.82, 2.24) is 5.32 Å². The smallest absolute Gasteiger partial charge is 0.220 e. The monoisotopic (exact) mass is 1350 g/mol. The summed E-state index contributed by atoms with van der Waals surface area (Å²) in [5.41, 5.74) is 0. The third kappa shape index (κ3) is 49.1. The average molecular weight is 1350 g/mol. The third-order valence-corrected chi connectivity index (χ3v) is 20.7. The van der Waals surface area contributed by atoms with Gasteiger partial charge in [0.05, 0.1) is 32.0 Å². The van der Waals surface area contributed by atoms with E-state index in [0.29, 0.717) is 0 Å². The molecular weight excluding hydrogens is 1190 g/mol. The number of unbranched alkanes of at least 4 members (excludes halogenated alkanes) is 58. The summed E-state index contributed by atoms with van der Waals surface area (Å²) in [6, 6.07) is -0.912. The average Bonchev–Trinajstić information content (AvgIpc) is 1.24. The fraction of sp³-hybridized carbons (Fsp3) is 0.963. The Morgan fingerprint density at radius 2 is 0.653 bits per heavy atom. The van der Waals surface area contributed by atoms with E-state index in [9.17, 15) is 45.6 Å². The van der Waals surface area contributed by atoms with Crippen LogP contribution >= 0.6 is 0 Å². The molecule has 0 radical (unpaired) electrons. The first kappa shape index (κ1) is 89.8. The predicted octanol–water partition coefficient (Wildman–Crippen LogP) is 18.9. The largest absolute Gasteiger partial charge is 0.394 e. The Hall–Kier alpha value is -1.27. The molecule has 2 aliphatic heterocycles. The molecule has 2 heterocycles. The molecule has 14 heteroatoms. The van der Waals surface area contributed by atoms with E-state index in [1.807, 2.05) is 6.08 Å². The SMILES string of the molecule is CCCCCCCCCCCCCCCCCCCCCC/C=C/C(O)C(COC1OC(CO)C(OC2OC(CO)C(O)C(O)C2O)C(O)C1O)NC(=O)CCCCCCCCCCCCCCCCCCCCCCCCCCCCCCCCCCCCCCCCC. The Morgan fingerprint density at radius 3 is 0.968 bits per heavy atom. The van der Waals surface area contributed by atoms with Crippen LogP contribution in [0.3, 0.4) is 0 Å². The molecule has 2 fully saturated rings. The molecular formula is C81H157NO13.